The molecule has 3 amide bonds. The highest BCUT2D eigenvalue weighted by molar-refractivity contribution is 6.00. The summed E-state index contributed by atoms with van der Waals surface area (Å²) in [5.41, 5.74) is 0.970. The zero-order valence-corrected chi connectivity index (χ0v) is 12.8. The first kappa shape index (κ1) is 14.3. The second-order valence-corrected chi connectivity index (χ2v) is 6.14. The first-order valence-electron chi connectivity index (χ1n) is 7.71. The standard InChI is InChI=1S/C15H19N5O3/c1-18-12-11(13(22)17-15(18)23)20-8-2-7-19(14(20)16-12)9-3-5-10(21)6-4-9/h3-6,11-12,14,16,21H,2,7-8H2,1H3,(H,17,22,23). The van der Waals surface area contributed by atoms with Crippen molar-refractivity contribution in [3.63, 3.8) is 0 Å². The lowest BCUT2D eigenvalue weighted by Gasteiger charge is -2.42. The van der Waals surface area contributed by atoms with E-state index < -0.39 is 0 Å². The van der Waals surface area contributed by atoms with Crippen LogP contribution < -0.4 is 15.5 Å². The third-order valence-corrected chi connectivity index (χ3v) is 4.82. The second-order valence-electron chi connectivity index (χ2n) is 6.14. The fourth-order valence-corrected chi connectivity index (χ4v) is 3.68. The maximum absolute atomic E-state index is 12.3. The number of aromatic hydroxyl groups is 1. The predicted octanol–water partition coefficient (Wildman–Crippen LogP) is -0.333. The van der Waals surface area contributed by atoms with Gasteiger partial charge in [-0.2, -0.15) is 0 Å². The first-order valence-corrected chi connectivity index (χ1v) is 7.71. The van der Waals surface area contributed by atoms with E-state index >= 15 is 0 Å². The molecular weight excluding hydrogens is 298 g/mol. The van der Waals surface area contributed by atoms with Gasteiger partial charge in [-0.1, -0.05) is 0 Å². The van der Waals surface area contributed by atoms with Gasteiger partial charge in [0.1, 0.15) is 24.2 Å². The van der Waals surface area contributed by atoms with Crippen molar-refractivity contribution in [1.82, 2.24) is 20.4 Å². The molecule has 3 saturated heterocycles. The number of imide groups is 1. The highest BCUT2D eigenvalue weighted by Crippen LogP contribution is 2.31. The van der Waals surface area contributed by atoms with Gasteiger partial charge in [-0.15, -0.1) is 0 Å². The van der Waals surface area contributed by atoms with Gasteiger partial charge >= 0.3 is 6.03 Å². The van der Waals surface area contributed by atoms with Crippen LogP contribution in [-0.4, -0.2) is 65.5 Å². The lowest BCUT2D eigenvalue weighted by molar-refractivity contribution is -0.128. The molecule has 3 aliphatic heterocycles. The monoisotopic (exact) mass is 317 g/mol. The molecule has 3 atom stereocenters. The molecule has 3 fully saturated rings. The molecule has 0 spiro atoms. The number of benzene rings is 1. The maximum atomic E-state index is 12.3. The minimum atomic E-state index is -0.386. The van der Waals surface area contributed by atoms with Crippen molar-refractivity contribution in [3.8, 4) is 5.75 Å². The molecule has 3 N–H and O–H groups in total. The van der Waals surface area contributed by atoms with Gasteiger partial charge in [-0.05, 0) is 30.7 Å². The van der Waals surface area contributed by atoms with E-state index in [0.29, 0.717) is 0 Å². The third kappa shape index (κ3) is 2.13. The lowest BCUT2D eigenvalue weighted by Crippen LogP contribution is -2.65. The molecule has 3 heterocycles. The molecule has 4 rings (SSSR count). The number of hydrogen-bond acceptors (Lipinski definition) is 6. The molecule has 0 aromatic heterocycles. The predicted molar refractivity (Wildman–Crippen MR) is 82.6 cm³/mol. The molecule has 1 aromatic carbocycles. The molecule has 122 valence electrons. The van der Waals surface area contributed by atoms with E-state index in [-0.39, 0.29) is 36.2 Å². The number of nitrogens with zero attached hydrogens (tertiary/aromatic N) is 3. The van der Waals surface area contributed by atoms with E-state index in [9.17, 15) is 14.7 Å². The van der Waals surface area contributed by atoms with Crippen molar-refractivity contribution >= 4 is 17.6 Å². The molecular formula is C15H19N5O3. The lowest BCUT2D eigenvalue weighted by atomic mass is 10.1. The van der Waals surface area contributed by atoms with Gasteiger partial charge in [-0.25, -0.2) is 4.79 Å². The number of likely N-dealkylation sites (N-methyl/N-ethyl adjacent to an activating group) is 1. The van der Waals surface area contributed by atoms with Crippen molar-refractivity contribution in [2.75, 3.05) is 25.0 Å². The zero-order chi connectivity index (χ0) is 16.1. The van der Waals surface area contributed by atoms with E-state index in [4.69, 9.17) is 0 Å². The smallest absolute Gasteiger partial charge is 0.325 e. The number of rotatable bonds is 1. The second kappa shape index (κ2) is 5.10. The average Bonchev–Trinajstić information content (AvgIpc) is 2.93. The average molecular weight is 317 g/mol. The van der Waals surface area contributed by atoms with Crippen molar-refractivity contribution in [1.29, 1.82) is 0 Å². The zero-order valence-electron chi connectivity index (χ0n) is 12.8. The Morgan fingerprint density at radius 3 is 2.65 bits per heavy atom. The molecule has 1 aromatic rings. The maximum Gasteiger partial charge on any atom is 0.325 e. The van der Waals surface area contributed by atoms with Gasteiger partial charge in [0.15, 0.2) is 0 Å². The van der Waals surface area contributed by atoms with Crippen LogP contribution in [0, 0.1) is 0 Å². The summed E-state index contributed by atoms with van der Waals surface area (Å²) in [7, 11) is 1.69. The fraction of sp³-hybridized carbons (Fsp3) is 0.467. The van der Waals surface area contributed by atoms with Crippen molar-refractivity contribution in [3.05, 3.63) is 24.3 Å². The van der Waals surface area contributed by atoms with Crippen LogP contribution in [0.5, 0.6) is 5.75 Å². The van der Waals surface area contributed by atoms with E-state index in [2.05, 4.69) is 20.4 Å². The van der Waals surface area contributed by atoms with Crippen LogP contribution in [0.3, 0.4) is 0 Å². The Bertz CT molecular complexity index is 649. The molecule has 3 unspecified atom stereocenters. The Morgan fingerprint density at radius 2 is 1.91 bits per heavy atom. The Hall–Kier alpha value is -2.32. The van der Waals surface area contributed by atoms with Crippen LogP contribution in [-0.2, 0) is 4.79 Å². The summed E-state index contributed by atoms with van der Waals surface area (Å²) in [5.74, 6) is -0.0268. The van der Waals surface area contributed by atoms with Crippen molar-refractivity contribution in [2.45, 2.75) is 24.9 Å². The Kier molecular flexibility index (Phi) is 3.17. The Balaban J connectivity index is 1.66. The first-order chi connectivity index (χ1) is 11.1. The van der Waals surface area contributed by atoms with E-state index in [1.54, 1.807) is 24.1 Å². The van der Waals surface area contributed by atoms with Crippen LogP contribution in [0.4, 0.5) is 10.5 Å². The van der Waals surface area contributed by atoms with Crippen LogP contribution in [0.1, 0.15) is 6.42 Å². The summed E-state index contributed by atoms with van der Waals surface area (Å²) in [5, 5.41) is 15.3. The van der Waals surface area contributed by atoms with E-state index in [1.807, 2.05) is 12.1 Å². The quantitative estimate of drug-likeness (QED) is 0.657. The van der Waals surface area contributed by atoms with Gasteiger partial charge < -0.3 is 14.9 Å². The third-order valence-electron chi connectivity index (χ3n) is 4.82. The minimum Gasteiger partial charge on any atom is -0.508 e. The molecule has 0 saturated carbocycles. The number of urea groups is 1. The minimum absolute atomic E-state index is 0.151. The van der Waals surface area contributed by atoms with Gasteiger partial charge in [0.2, 0.25) is 5.91 Å². The Morgan fingerprint density at radius 1 is 1.17 bits per heavy atom. The Labute approximate surface area is 133 Å². The van der Waals surface area contributed by atoms with Crippen molar-refractivity contribution < 1.29 is 14.7 Å². The number of fused-ring (bicyclic) bond motifs is 3. The van der Waals surface area contributed by atoms with E-state index in [0.717, 1.165) is 25.2 Å². The van der Waals surface area contributed by atoms with Crippen LogP contribution in [0.25, 0.3) is 0 Å². The summed E-state index contributed by atoms with van der Waals surface area (Å²) >= 11 is 0. The summed E-state index contributed by atoms with van der Waals surface area (Å²) in [6, 6.07) is 6.26. The highest BCUT2D eigenvalue weighted by Gasteiger charge is 2.53. The molecule has 3 aliphatic rings. The summed E-state index contributed by atoms with van der Waals surface area (Å²) < 4.78 is 0. The number of nitrogens with one attached hydrogen (secondary N) is 2. The summed E-state index contributed by atoms with van der Waals surface area (Å²) in [4.78, 5) is 29.9. The van der Waals surface area contributed by atoms with Gasteiger partial charge in [0.25, 0.3) is 0 Å². The molecule has 0 radical (unpaired) electrons. The van der Waals surface area contributed by atoms with Gasteiger partial charge in [-0.3, -0.25) is 20.3 Å². The number of amides is 3. The molecule has 0 aliphatic carbocycles. The SMILES string of the molecule is CN1C(=O)NC(=O)C2C1NC1N(c3ccc(O)cc3)CCCN21. The normalized spacial score (nSPS) is 30.9. The summed E-state index contributed by atoms with van der Waals surface area (Å²) in [6.07, 6.45) is 0.439. The molecule has 23 heavy (non-hydrogen) atoms. The topological polar surface area (TPSA) is 88.2 Å². The van der Waals surface area contributed by atoms with Crippen LogP contribution in [0.2, 0.25) is 0 Å². The van der Waals surface area contributed by atoms with Gasteiger partial charge in [0, 0.05) is 25.8 Å². The van der Waals surface area contributed by atoms with Crippen molar-refractivity contribution in [2.24, 2.45) is 0 Å². The molecule has 8 heteroatoms. The summed E-state index contributed by atoms with van der Waals surface area (Å²) in [6.45, 7) is 1.64. The molecule has 0 bridgehead atoms. The van der Waals surface area contributed by atoms with Crippen LogP contribution >= 0.6 is 0 Å². The number of anilines is 1. The number of phenolic OH excluding ortho intramolecular Hbond substituents is 1. The number of carbonyl (C=O) groups excluding carboxylic acids is 2. The largest absolute Gasteiger partial charge is 0.508 e. The highest BCUT2D eigenvalue weighted by atomic mass is 16.3. The number of hydrogen-bond donors (Lipinski definition) is 3. The van der Waals surface area contributed by atoms with Crippen LogP contribution in [0.15, 0.2) is 24.3 Å². The van der Waals surface area contributed by atoms with Gasteiger partial charge in [0.05, 0.1) is 0 Å². The fourth-order valence-electron chi connectivity index (χ4n) is 3.68. The number of carbonyl (C=O) groups is 2. The van der Waals surface area contributed by atoms with E-state index in [1.165, 1.54) is 0 Å². The number of phenols is 1. The molecule has 8 nitrogen and oxygen atoms in total.